The molecule has 0 fully saturated rings. The van der Waals surface area contributed by atoms with Crippen molar-refractivity contribution in [3.8, 4) is 11.8 Å². The number of halogens is 2. The minimum atomic E-state index is -0.941. The van der Waals surface area contributed by atoms with Crippen LogP contribution in [0.2, 0.25) is 0 Å². The molecule has 0 radical (unpaired) electrons. The molecule has 0 aliphatic heterocycles. The zero-order valence-electron chi connectivity index (χ0n) is 16.5. The zero-order chi connectivity index (χ0) is 20.6. The van der Waals surface area contributed by atoms with Crippen molar-refractivity contribution in [2.45, 2.75) is 33.1 Å². The molecule has 4 heteroatoms. The third kappa shape index (κ3) is 5.58. The van der Waals surface area contributed by atoms with Gasteiger partial charge in [-0.25, -0.2) is 8.78 Å². The Morgan fingerprint density at radius 3 is 2.10 bits per heavy atom. The highest BCUT2D eigenvalue weighted by molar-refractivity contribution is 5.52. The minimum Gasteiger partial charge on any atom is -0.204 e. The quantitative estimate of drug-likeness (QED) is 0.324. The molecular formula is C25H22F2N2. The van der Waals surface area contributed by atoms with Crippen LogP contribution in [-0.2, 0) is 12.8 Å². The summed E-state index contributed by atoms with van der Waals surface area (Å²) in [6.07, 6.45) is 3.01. The van der Waals surface area contributed by atoms with E-state index in [1.54, 1.807) is 0 Å². The lowest BCUT2D eigenvalue weighted by Gasteiger charge is -2.03. The zero-order valence-corrected chi connectivity index (χ0v) is 16.5. The third-order valence-electron chi connectivity index (χ3n) is 4.49. The molecule has 3 rings (SSSR count). The number of aryl methyl sites for hydroxylation is 2. The molecule has 0 heterocycles. The fourth-order valence-corrected chi connectivity index (χ4v) is 2.90. The van der Waals surface area contributed by atoms with Gasteiger partial charge in [-0.1, -0.05) is 44.2 Å². The van der Waals surface area contributed by atoms with E-state index in [4.69, 9.17) is 0 Å². The van der Waals surface area contributed by atoms with Gasteiger partial charge in [-0.2, -0.15) is 10.2 Å². The van der Waals surface area contributed by atoms with Crippen LogP contribution in [0.4, 0.5) is 20.2 Å². The summed E-state index contributed by atoms with van der Waals surface area (Å²) in [6.45, 7) is 4.22. The van der Waals surface area contributed by atoms with Crippen molar-refractivity contribution in [2.24, 2.45) is 10.2 Å². The lowest BCUT2D eigenvalue weighted by Crippen LogP contribution is -1.87. The first-order chi connectivity index (χ1) is 14.1. The molecule has 0 aromatic heterocycles. The molecule has 0 bridgehead atoms. The molecule has 0 saturated carbocycles. The maximum atomic E-state index is 13.3. The van der Waals surface area contributed by atoms with E-state index in [1.807, 2.05) is 30.3 Å². The van der Waals surface area contributed by atoms with Gasteiger partial charge in [0.1, 0.15) is 0 Å². The van der Waals surface area contributed by atoms with Gasteiger partial charge in [-0.15, -0.1) is 0 Å². The van der Waals surface area contributed by atoms with E-state index >= 15 is 0 Å². The average Bonchev–Trinajstić information content (AvgIpc) is 2.74. The highest BCUT2D eigenvalue weighted by Gasteiger charge is 2.03. The SMILES string of the molecule is CCCc1ccc(C#Cc2ccc(N=Nc3ccc(F)c(F)c3)cc2CC)cc1. The normalized spacial score (nSPS) is 10.8. The summed E-state index contributed by atoms with van der Waals surface area (Å²) >= 11 is 0. The first-order valence-corrected chi connectivity index (χ1v) is 9.69. The molecule has 0 amide bonds. The summed E-state index contributed by atoms with van der Waals surface area (Å²) in [5.41, 5.74) is 5.20. The van der Waals surface area contributed by atoms with Gasteiger partial charge >= 0.3 is 0 Å². The van der Waals surface area contributed by atoms with E-state index in [2.05, 4.69) is 48.0 Å². The van der Waals surface area contributed by atoms with Gasteiger partial charge in [-0.3, -0.25) is 0 Å². The lowest BCUT2D eigenvalue weighted by molar-refractivity contribution is 0.509. The molecule has 2 nitrogen and oxygen atoms in total. The molecule has 0 atom stereocenters. The predicted octanol–water partition coefficient (Wildman–Crippen LogP) is 7.29. The maximum absolute atomic E-state index is 13.3. The van der Waals surface area contributed by atoms with Crippen LogP contribution in [0.1, 0.15) is 42.5 Å². The van der Waals surface area contributed by atoms with Crippen LogP contribution < -0.4 is 0 Å². The largest absolute Gasteiger partial charge is 0.204 e. The molecule has 3 aromatic carbocycles. The number of nitrogens with zero attached hydrogens (tertiary/aromatic N) is 2. The van der Waals surface area contributed by atoms with E-state index in [0.717, 1.165) is 48.1 Å². The van der Waals surface area contributed by atoms with Gasteiger partial charge in [0.05, 0.1) is 11.4 Å². The van der Waals surface area contributed by atoms with Crippen molar-refractivity contribution >= 4 is 11.4 Å². The van der Waals surface area contributed by atoms with Crippen molar-refractivity contribution in [3.63, 3.8) is 0 Å². The standard InChI is InChI=1S/C25H22F2N2/c1-3-5-18-6-8-19(9-7-18)10-11-21-12-13-22(16-20(21)4-2)28-29-23-14-15-24(26)25(27)17-23/h6-9,12-17H,3-5H2,1-2H3. The van der Waals surface area contributed by atoms with Gasteiger partial charge < -0.3 is 0 Å². The third-order valence-corrected chi connectivity index (χ3v) is 4.49. The highest BCUT2D eigenvalue weighted by atomic mass is 19.2. The Bertz CT molecular complexity index is 1070. The topological polar surface area (TPSA) is 24.7 Å². The maximum Gasteiger partial charge on any atom is 0.161 e. The van der Waals surface area contributed by atoms with Gasteiger partial charge in [0.2, 0.25) is 0 Å². The van der Waals surface area contributed by atoms with E-state index in [9.17, 15) is 8.78 Å². The lowest BCUT2D eigenvalue weighted by atomic mass is 10.0. The Kier molecular flexibility index (Phi) is 6.86. The van der Waals surface area contributed by atoms with E-state index < -0.39 is 11.6 Å². The fourth-order valence-electron chi connectivity index (χ4n) is 2.90. The molecule has 0 spiro atoms. The Morgan fingerprint density at radius 2 is 1.45 bits per heavy atom. The van der Waals surface area contributed by atoms with Crippen LogP contribution in [0, 0.1) is 23.5 Å². The second-order valence-electron chi connectivity index (χ2n) is 6.69. The second kappa shape index (κ2) is 9.75. The van der Waals surface area contributed by atoms with E-state index in [1.165, 1.54) is 11.6 Å². The van der Waals surface area contributed by atoms with Crippen LogP contribution in [-0.4, -0.2) is 0 Å². The molecule has 146 valence electrons. The molecule has 0 unspecified atom stereocenters. The Labute approximate surface area is 170 Å². The van der Waals surface area contributed by atoms with Crippen LogP contribution in [0.5, 0.6) is 0 Å². The van der Waals surface area contributed by atoms with Gasteiger partial charge in [0.15, 0.2) is 11.6 Å². The van der Waals surface area contributed by atoms with Gasteiger partial charge in [-0.05, 0) is 66.4 Å². The van der Waals surface area contributed by atoms with E-state index in [0.29, 0.717) is 5.69 Å². The van der Waals surface area contributed by atoms with Crippen LogP contribution in [0.3, 0.4) is 0 Å². The van der Waals surface area contributed by atoms with Crippen molar-refractivity contribution in [3.05, 3.63) is 94.6 Å². The monoisotopic (exact) mass is 388 g/mol. The summed E-state index contributed by atoms with van der Waals surface area (Å²) in [6, 6.07) is 17.4. The number of hydrogen-bond donors (Lipinski definition) is 0. The van der Waals surface area contributed by atoms with Crippen molar-refractivity contribution < 1.29 is 8.78 Å². The number of azo groups is 1. The number of hydrogen-bond acceptors (Lipinski definition) is 2. The summed E-state index contributed by atoms with van der Waals surface area (Å²) in [4.78, 5) is 0. The molecular weight excluding hydrogens is 366 g/mol. The highest BCUT2D eigenvalue weighted by Crippen LogP contribution is 2.23. The summed E-state index contributed by atoms with van der Waals surface area (Å²) < 4.78 is 26.3. The Balaban J connectivity index is 1.78. The van der Waals surface area contributed by atoms with Crippen LogP contribution in [0.15, 0.2) is 70.9 Å². The van der Waals surface area contributed by atoms with Crippen molar-refractivity contribution in [1.82, 2.24) is 0 Å². The number of rotatable bonds is 5. The predicted molar refractivity (Wildman–Crippen MR) is 113 cm³/mol. The Morgan fingerprint density at radius 1 is 0.759 bits per heavy atom. The summed E-state index contributed by atoms with van der Waals surface area (Å²) in [5, 5.41) is 8.11. The minimum absolute atomic E-state index is 0.261. The molecule has 0 saturated heterocycles. The molecule has 0 aliphatic carbocycles. The smallest absolute Gasteiger partial charge is 0.161 e. The first kappa shape index (κ1) is 20.4. The first-order valence-electron chi connectivity index (χ1n) is 9.69. The molecule has 0 aliphatic rings. The second-order valence-corrected chi connectivity index (χ2v) is 6.69. The van der Waals surface area contributed by atoms with Crippen molar-refractivity contribution in [2.75, 3.05) is 0 Å². The van der Waals surface area contributed by atoms with Crippen LogP contribution in [0.25, 0.3) is 0 Å². The van der Waals surface area contributed by atoms with Gasteiger partial charge in [0, 0.05) is 17.2 Å². The van der Waals surface area contributed by atoms with Gasteiger partial charge in [0.25, 0.3) is 0 Å². The molecule has 29 heavy (non-hydrogen) atoms. The summed E-state index contributed by atoms with van der Waals surface area (Å²) in [7, 11) is 0. The average molecular weight is 388 g/mol. The van der Waals surface area contributed by atoms with Crippen molar-refractivity contribution in [1.29, 1.82) is 0 Å². The Hall–Kier alpha value is -3.32. The molecule has 3 aromatic rings. The summed E-state index contributed by atoms with van der Waals surface area (Å²) in [5.74, 6) is 4.60. The van der Waals surface area contributed by atoms with E-state index in [-0.39, 0.29) is 5.69 Å². The number of benzene rings is 3. The molecule has 0 N–H and O–H groups in total. The van der Waals surface area contributed by atoms with Crippen LogP contribution >= 0.6 is 0 Å². The fraction of sp³-hybridized carbons (Fsp3) is 0.200.